The minimum atomic E-state index is -0.990. The molecule has 0 spiro atoms. The van der Waals surface area contributed by atoms with Crippen LogP contribution in [0.25, 0.3) is 0 Å². The van der Waals surface area contributed by atoms with Gasteiger partial charge in [0.2, 0.25) is 0 Å². The predicted octanol–water partition coefficient (Wildman–Crippen LogP) is 2.85. The van der Waals surface area contributed by atoms with E-state index in [1.54, 1.807) is 0 Å². The van der Waals surface area contributed by atoms with Gasteiger partial charge in [-0.1, -0.05) is 36.4 Å². The van der Waals surface area contributed by atoms with Gasteiger partial charge in [0.05, 0.1) is 0 Å². The van der Waals surface area contributed by atoms with E-state index in [2.05, 4.69) is 12.1 Å². The average molecular weight is 274 g/mol. The lowest BCUT2D eigenvalue weighted by Gasteiger charge is -2.21. The molecule has 1 aliphatic heterocycles. The van der Waals surface area contributed by atoms with Crippen molar-refractivity contribution in [3.63, 3.8) is 0 Å². The molecule has 1 heterocycles. The Morgan fingerprint density at radius 2 is 1.42 bits per heavy atom. The quantitative estimate of drug-likeness (QED) is 0.751. The summed E-state index contributed by atoms with van der Waals surface area (Å²) in [6.45, 7) is 1.08. The molecule has 0 aromatic heterocycles. The number of benzene rings is 2. The van der Waals surface area contributed by atoms with E-state index < -0.39 is 17.1 Å². The van der Waals surface area contributed by atoms with Crippen molar-refractivity contribution in [2.75, 3.05) is 0 Å². The molecule has 19 heavy (non-hydrogen) atoms. The van der Waals surface area contributed by atoms with Crippen LogP contribution in [-0.2, 0) is 22.4 Å². The summed E-state index contributed by atoms with van der Waals surface area (Å²) in [5.41, 5.74) is 2.38. The largest absolute Gasteiger partial charge is 0.606 e. The monoisotopic (exact) mass is 274 g/mol. The molecule has 0 saturated heterocycles. The SMILES string of the molecule is CC(=O)O.[O-][S+]1c2ccccc2Cc2ccccc21. The fourth-order valence-electron chi connectivity index (χ4n) is 1.99. The van der Waals surface area contributed by atoms with Crippen molar-refractivity contribution in [1.82, 2.24) is 0 Å². The van der Waals surface area contributed by atoms with E-state index in [1.165, 1.54) is 11.1 Å². The second-order valence-corrected chi connectivity index (χ2v) is 5.60. The van der Waals surface area contributed by atoms with Crippen LogP contribution < -0.4 is 0 Å². The number of carbonyl (C=O) groups is 1. The highest BCUT2D eigenvalue weighted by Crippen LogP contribution is 2.33. The summed E-state index contributed by atoms with van der Waals surface area (Å²) < 4.78 is 12.2. The summed E-state index contributed by atoms with van der Waals surface area (Å²) in [6.07, 6.45) is 0.901. The molecule has 0 aliphatic carbocycles. The number of hydrogen-bond donors (Lipinski definition) is 1. The molecule has 3 nitrogen and oxygen atoms in total. The van der Waals surface area contributed by atoms with Gasteiger partial charge in [-0.15, -0.1) is 0 Å². The number of fused-ring (bicyclic) bond motifs is 2. The van der Waals surface area contributed by atoms with Crippen LogP contribution in [0.4, 0.5) is 0 Å². The lowest BCUT2D eigenvalue weighted by atomic mass is 10.0. The maximum Gasteiger partial charge on any atom is 0.300 e. The highest BCUT2D eigenvalue weighted by molar-refractivity contribution is 7.91. The van der Waals surface area contributed by atoms with E-state index in [0.29, 0.717) is 0 Å². The molecule has 0 amide bonds. The third-order valence-electron chi connectivity index (χ3n) is 2.73. The Morgan fingerprint density at radius 3 is 1.84 bits per heavy atom. The van der Waals surface area contributed by atoms with Crippen molar-refractivity contribution in [3.05, 3.63) is 59.7 Å². The van der Waals surface area contributed by atoms with Gasteiger partial charge in [-0.2, -0.15) is 0 Å². The standard InChI is InChI=1S/C13H10OS.C2H4O2/c14-15-12-7-3-1-5-10(12)9-11-6-2-4-8-13(11)15;1-2(3)4/h1-8H,9H2;1H3,(H,3,4). The summed E-state index contributed by atoms with van der Waals surface area (Å²) in [5, 5.41) is 7.42. The van der Waals surface area contributed by atoms with Crippen LogP contribution in [0.5, 0.6) is 0 Å². The molecular weight excluding hydrogens is 260 g/mol. The Hall–Kier alpha value is -1.78. The molecular formula is C15H14O3S. The molecule has 1 N–H and O–H groups in total. The first-order chi connectivity index (χ1) is 9.09. The van der Waals surface area contributed by atoms with Crippen molar-refractivity contribution >= 4 is 17.1 Å². The molecule has 4 heteroatoms. The molecule has 0 radical (unpaired) electrons. The van der Waals surface area contributed by atoms with Gasteiger partial charge in [0.1, 0.15) is 0 Å². The minimum Gasteiger partial charge on any atom is -0.606 e. The fraction of sp³-hybridized carbons (Fsp3) is 0.133. The van der Waals surface area contributed by atoms with Gasteiger partial charge >= 0.3 is 0 Å². The van der Waals surface area contributed by atoms with Crippen LogP contribution in [0.15, 0.2) is 58.3 Å². The van der Waals surface area contributed by atoms with Gasteiger partial charge < -0.3 is 9.66 Å². The number of carboxylic acids is 1. The molecule has 0 bridgehead atoms. The summed E-state index contributed by atoms with van der Waals surface area (Å²) >= 11 is -0.990. The molecule has 2 aromatic carbocycles. The highest BCUT2D eigenvalue weighted by atomic mass is 32.2. The average Bonchev–Trinajstić information content (AvgIpc) is 2.38. The van der Waals surface area contributed by atoms with Gasteiger partial charge in [-0.05, 0) is 12.1 Å². The molecule has 0 unspecified atom stereocenters. The second-order valence-electron chi connectivity index (χ2n) is 4.18. The summed E-state index contributed by atoms with van der Waals surface area (Å²) in [4.78, 5) is 10.9. The van der Waals surface area contributed by atoms with Crippen molar-refractivity contribution < 1.29 is 14.5 Å². The Balaban J connectivity index is 0.000000297. The van der Waals surface area contributed by atoms with Crippen LogP contribution in [0.1, 0.15) is 18.1 Å². The number of rotatable bonds is 0. The van der Waals surface area contributed by atoms with Crippen molar-refractivity contribution in [1.29, 1.82) is 0 Å². The summed E-state index contributed by atoms with van der Waals surface area (Å²) in [7, 11) is 0. The van der Waals surface area contributed by atoms with E-state index in [0.717, 1.165) is 23.1 Å². The van der Waals surface area contributed by atoms with Gasteiger partial charge in [0.15, 0.2) is 9.79 Å². The van der Waals surface area contributed by atoms with Crippen LogP contribution in [0, 0.1) is 0 Å². The van der Waals surface area contributed by atoms with Gasteiger partial charge in [-0.25, -0.2) is 0 Å². The Morgan fingerprint density at radius 1 is 1.05 bits per heavy atom. The van der Waals surface area contributed by atoms with Crippen LogP contribution >= 0.6 is 0 Å². The zero-order valence-corrected chi connectivity index (χ0v) is 11.3. The predicted molar refractivity (Wildman–Crippen MR) is 73.7 cm³/mol. The highest BCUT2D eigenvalue weighted by Gasteiger charge is 2.27. The molecule has 0 atom stereocenters. The second kappa shape index (κ2) is 5.91. The van der Waals surface area contributed by atoms with E-state index >= 15 is 0 Å². The first-order valence-electron chi connectivity index (χ1n) is 5.86. The normalized spacial score (nSPS) is 12.7. The summed E-state index contributed by atoms with van der Waals surface area (Å²) in [5.74, 6) is -0.833. The van der Waals surface area contributed by atoms with Crippen LogP contribution in [0.3, 0.4) is 0 Å². The third-order valence-corrected chi connectivity index (χ3v) is 4.32. The fourth-order valence-corrected chi connectivity index (χ4v) is 3.38. The first-order valence-corrected chi connectivity index (χ1v) is 7.01. The van der Waals surface area contributed by atoms with Crippen molar-refractivity contribution in [3.8, 4) is 0 Å². The maximum atomic E-state index is 12.2. The molecule has 1 aliphatic rings. The van der Waals surface area contributed by atoms with Crippen molar-refractivity contribution in [2.45, 2.75) is 23.1 Å². The van der Waals surface area contributed by atoms with Crippen LogP contribution in [0.2, 0.25) is 0 Å². The first kappa shape index (κ1) is 13.6. The third kappa shape index (κ3) is 3.16. The molecule has 98 valence electrons. The minimum absolute atomic E-state index is 0.833. The molecule has 3 rings (SSSR count). The van der Waals surface area contributed by atoms with Crippen molar-refractivity contribution in [2.24, 2.45) is 0 Å². The number of aliphatic carboxylic acids is 1. The topological polar surface area (TPSA) is 60.4 Å². The maximum absolute atomic E-state index is 12.2. The zero-order chi connectivity index (χ0) is 13.8. The molecule has 2 aromatic rings. The van der Waals surface area contributed by atoms with Crippen LogP contribution in [-0.4, -0.2) is 15.6 Å². The molecule has 0 saturated carbocycles. The van der Waals surface area contributed by atoms with E-state index in [4.69, 9.17) is 9.90 Å². The number of carboxylic acid groups (broad SMARTS) is 1. The lowest BCUT2D eigenvalue weighted by molar-refractivity contribution is -0.134. The molecule has 0 fully saturated rings. The van der Waals surface area contributed by atoms with E-state index in [1.807, 2.05) is 36.4 Å². The van der Waals surface area contributed by atoms with E-state index in [-0.39, 0.29) is 0 Å². The lowest BCUT2D eigenvalue weighted by Crippen LogP contribution is -2.14. The summed E-state index contributed by atoms with van der Waals surface area (Å²) in [6, 6.07) is 15.9. The Kier molecular flexibility index (Phi) is 4.24. The van der Waals surface area contributed by atoms with Gasteiger partial charge in [-0.3, -0.25) is 4.79 Å². The smallest absolute Gasteiger partial charge is 0.300 e. The van der Waals surface area contributed by atoms with Gasteiger partial charge in [0, 0.05) is 35.6 Å². The van der Waals surface area contributed by atoms with E-state index in [9.17, 15) is 4.55 Å². The Labute approximate surface area is 115 Å². The zero-order valence-electron chi connectivity index (χ0n) is 10.5. The Bertz CT molecular complexity index is 546. The number of hydrogen-bond acceptors (Lipinski definition) is 2. The van der Waals surface area contributed by atoms with Gasteiger partial charge in [0.25, 0.3) is 5.97 Å².